The molecule has 0 unspecified atom stereocenters. The van der Waals surface area contributed by atoms with E-state index in [1.165, 1.54) is 38.1 Å². The molecule has 2 aromatic carbocycles. The van der Waals surface area contributed by atoms with Crippen molar-refractivity contribution in [2.24, 2.45) is 5.73 Å². The Morgan fingerprint density at radius 3 is 1.83 bits per heavy atom. The van der Waals surface area contributed by atoms with Gasteiger partial charge in [0.25, 0.3) is 0 Å². The van der Waals surface area contributed by atoms with Gasteiger partial charge in [0.15, 0.2) is 0 Å². The van der Waals surface area contributed by atoms with Crippen molar-refractivity contribution in [3.8, 4) is 5.75 Å². The summed E-state index contributed by atoms with van der Waals surface area (Å²) in [5.74, 6) is -4.78. The molecular formula is C32H44FN5O7S2. The summed E-state index contributed by atoms with van der Waals surface area (Å²) in [6.45, 7) is 9.13. The number of carbonyl (C=O) groups is 5. The minimum absolute atomic E-state index is 0.0906. The minimum atomic E-state index is -1.42. The fourth-order valence-corrected chi connectivity index (χ4v) is 5.14. The molecule has 0 bridgehead atoms. The number of aliphatic carboxylic acids is 1. The molecule has 0 fully saturated rings. The summed E-state index contributed by atoms with van der Waals surface area (Å²) in [6, 6.07) is 3.31. The maximum atomic E-state index is 13.5. The smallest absolute Gasteiger partial charge is 0.327 e. The number of benzene rings is 2. The van der Waals surface area contributed by atoms with E-state index >= 15 is 0 Å². The van der Waals surface area contributed by atoms with Crippen LogP contribution in [0.15, 0.2) is 36.4 Å². The first kappa shape index (κ1) is 39.4. The molecule has 8 N–H and O–H groups in total. The Balaban J connectivity index is 2.15. The number of carboxylic acid groups (broad SMARTS) is 1. The average molecular weight is 694 g/mol. The van der Waals surface area contributed by atoms with Crippen molar-refractivity contribution in [1.82, 2.24) is 21.3 Å². The minimum Gasteiger partial charge on any atom is -0.508 e. The summed E-state index contributed by atoms with van der Waals surface area (Å²) < 4.78 is 11.2. The largest absolute Gasteiger partial charge is 0.508 e. The molecule has 0 saturated carbocycles. The van der Waals surface area contributed by atoms with E-state index in [0.717, 1.165) is 16.7 Å². The van der Waals surface area contributed by atoms with Gasteiger partial charge >= 0.3 is 5.97 Å². The highest BCUT2D eigenvalue weighted by Crippen LogP contribution is 2.23. The van der Waals surface area contributed by atoms with Crippen LogP contribution in [0.2, 0.25) is 0 Å². The lowest BCUT2D eigenvalue weighted by Crippen LogP contribution is -2.60. The molecule has 0 heterocycles. The Kier molecular flexibility index (Phi) is 13.7. The van der Waals surface area contributed by atoms with Gasteiger partial charge in [0.05, 0.1) is 12.6 Å². The Morgan fingerprint density at radius 2 is 1.34 bits per heavy atom. The predicted octanol–water partition coefficient (Wildman–Crippen LogP) is 1.33. The molecule has 0 aliphatic rings. The SMILES string of the molecule is Cc1cc(O)cc(C)c1C[C@H](N)C(=O)N[C@@H](C(=O)NCC(=O)N[C@@H](Cc1ccc(F)cc1)C(=O)N[C@@H](C(=O)O)C(C)(C)S)C(C)(C)S. The van der Waals surface area contributed by atoms with Gasteiger partial charge in [-0.2, -0.15) is 25.3 Å². The number of nitrogens with one attached hydrogen (secondary N) is 4. The maximum absolute atomic E-state index is 13.5. The number of hydrogen-bond donors (Lipinski definition) is 9. The molecule has 12 nitrogen and oxygen atoms in total. The molecule has 15 heteroatoms. The van der Waals surface area contributed by atoms with Crippen molar-refractivity contribution in [2.75, 3.05) is 6.54 Å². The fraction of sp³-hybridized carbons (Fsp3) is 0.469. The fourth-order valence-electron chi connectivity index (χ4n) is 4.78. The second kappa shape index (κ2) is 16.3. The zero-order chi connectivity index (χ0) is 35.9. The number of phenols is 1. The molecule has 4 atom stereocenters. The molecule has 47 heavy (non-hydrogen) atoms. The van der Waals surface area contributed by atoms with Crippen LogP contribution >= 0.6 is 25.3 Å². The third kappa shape index (κ3) is 12.0. The van der Waals surface area contributed by atoms with E-state index in [1.54, 1.807) is 39.8 Å². The van der Waals surface area contributed by atoms with E-state index in [-0.39, 0.29) is 18.6 Å². The second-order valence-electron chi connectivity index (χ2n) is 12.6. The highest BCUT2D eigenvalue weighted by Gasteiger charge is 2.37. The van der Waals surface area contributed by atoms with Crippen molar-refractivity contribution in [2.45, 2.75) is 88.0 Å². The highest BCUT2D eigenvalue weighted by molar-refractivity contribution is 7.82. The zero-order valence-corrected chi connectivity index (χ0v) is 29.0. The Labute approximate surface area is 284 Å². The molecule has 2 aromatic rings. The number of amides is 4. The average Bonchev–Trinajstić information content (AvgIpc) is 2.94. The number of halogens is 1. The first-order valence-corrected chi connectivity index (χ1v) is 15.6. The topological polar surface area (TPSA) is 200 Å². The summed E-state index contributed by atoms with van der Waals surface area (Å²) in [6.07, 6.45) is 0.0174. The van der Waals surface area contributed by atoms with Gasteiger partial charge in [-0.3, -0.25) is 19.2 Å². The third-order valence-corrected chi connectivity index (χ3v) is 7.88. The number of hydrogen-bond acceptors (Lipinski definition) is 9. The van der Waals surface area contributed by atoms with Crippen LogP contribution in [-0.2, 0) is 36.8 Å². The standard InChI is InChI=1S/C32H44FN5O7S2/c1-16-11-20(39)12-17(2)21(16)14-22(34)27(41)37-25(31(3,4)46)29(43)35-15-24(40)36-23(13-18-7-9-19(33)10-8-18)28(42)38-26(30(44)45)32(5,6)47/h7-12,22-23,25-26,39,46-47H,13-15,34H2,1-6H3,(H,35,43)(H,36,40)(H,37,41)(H,38,42)(H,44,45)/t22-,23-,25-,26-/m0/s1. The van der Waals surface area contributed by atoms with Gasteiger partial charge < -0.3 is 37.2 Å². The number of phenolic OH excluding ortho intramolecular Hbond substituents is 1. The molecule has 258 valence electrons. The number of rotatable bonds is 15. The normalized spacial score (nSPS) is 14.3. The van der Waals surface area contributed by atoms with Gasteiger partial charge in [-0.1, -0.05) is 12.1 Å². The van der Waals surface area contributed by atoms with Crippen molar-refractivity contribution < 1.29 is 38.6 Å². The molecular weight excluding hydrogens is 650 g/mol. The summed E-state index contributed by atoms with van der Waals surface area (Å²) >= 11 is 8.72. The van der Waals surface area contributed by atoms with Gasteiger partial charge in [0, 0.05) is 15.9 Å². The Hall–Kier alpha value is -3.82. The maximum Gasteiger partial charge on any atom is 0.327 e. The summed E-state index contributed by atoms with van der Waals surface area (Å²) in [5, 5.41) is 29.3. The number of carboxylic acids is 1. The van der Waals surface area contributed by atoms with Crippen molar-refractivity contribution in [3.05, 3.63) is 64.5 Å². The number of thiol groups is 2. The third-order valence-electron chi connectivity index (χ3n) is 7.36. The van der Waals surface area contributed by atoms with Crippen molar-refractivity contribution in [3.63, 3.8) is 0 Å². The summed E-state index contributed by atoms with van der Waals surface area (Å²) in [7, 11) is 0. The van der Waals surface area contributed by atoms with Gasteiger partial charge in [-0.05, 0) is 94.5 Å². The van der Waals surface area contributed by atoms with Crippen LogP contribution in [-0.4, -0.2) is 80.0 Å². The monoisotopic (exact) mass is 693 g/mol. The van der Waals surface area contributed by atoms with E-state index in [4.69, 9.17) is 5.73 Å². The molecule has 2 rings (SSSR count). The van der Waals surface area contributed by atoms with E-state index in [0.29, 0.717) is 5.56 Å². The van der Waals surface area contributed by atoms with E-state index < -0.39 is 75.6 Å². The lowest BCUT2D eigenvalue weighted by Gasteiger charge is -2.31. The lowest BCUT2D eigenvalue weighted by molar-refractivity contribution is -0.143. The quantitative estimate of drug-likeness (QED) is 0.124. The van der Waals surface area contributed by atoms with Crippen LogP contribution in [0.4, 0.5) is 4.39 Å². The van der Waals surface area contributed by atoms with E-state index in [2.05, 4.69) is 46.5 Å². The van der Waals surface area contributed by atoms with Crippen LogP contribution in [0.25, 0.3) is 0 Å². The zero-order valence-electron chi connectivity index (χ0n) is 27.2. The first-order chi connectivity index (χ1) is 21.6. The number of aryl methyl sites for hydroxylation is 2. The van der Waals surface area contributed by atoms with Gasteiger partial charge in [-0.25, -0.2) is 9.18 Å². The highest BCUT2D eigenvalue weighted by atomic mass is 32.1. The number of carbonyl (C=O) groups excluding carboxylic acids is 4. The van der Waals surface area contributed by atoms with Gasteiger partial charge in [-0.15, -0.1) is 0 Å². The van der Waals surface area contributed by atoms with Gasteiger partial charge in [0.1, 0.15) is 29.7 Å². The van der Waals surface area contributed by atoms with Crippen LogP contribution < -0.4 is 27.0 Å². The molecule has 4 amide bonds. The van der Waals surface area contributed by atoms with Gasteiger partial charge in [0.2, 0.25) is 23.6 Å². The number of aromatic hydroxyl groups is 1. The van der Waals surface area contributed by atoms with Crippen LogP contribution in [0.1, 0.15) is 49.9 Å². The Bertz CT molecular complexity index is 1450. The summed E-state index contributed by atoms with van der Waals surface area (Å²) in [5.41, 5.74) is 8.93. The molecule has 0 radical (unpaired) electrons. The molecule has 0 aliphatic heterocycles. The van der Waals surface area contributed by atoms with Crippen LogP contribution in [0.5, 0.6) is 5.75 Å². The first-order valence-electron chi connectivity index (χ1n) is 14.7. The van der Waals surface area contributed by atoms with Crippen molar-refractivity contribution >= 4 is 54.9 Å². The van der Waals surface area contributed by atoms with E-state index in [1.807, 2.05) is 0 Å². The van der Waals surface area contributed by atoms with E-state index in [9.17, 15) is 38.6 Å². The lowest BCUT2D eigenvalue weighted by atomic mass is 9.95. The summed E-state index contributed by atoms with van der Waals surface area (Å²) in [4.78, 5) is 64.3. The predicted molar refractivity (Wildman–Crippen MR) is 182 cm³/mol. The number of nitrogens with two attached hydrogens (primary N) is 1. The molecule has 0 aliphatic carbocycles. The second-order valence-corrected chi connectivity index (χ2v) is 14.9. The van der Waals surface area contributed by atoms with Crippen molar-refractivity contribution in [1.29, 1.82) is 0 Å². The molecule has 0 aromatic heterocycles. The van der Waals surface area contributed by atoms with Crippen LogP contribution in [0.3, 0.4) is 0 Å². The molecule has 0 spiro atoms. The molecule has 0 saturated heterocycles. The Morgan fingerprint density at radius 1 is 0.830 bits per heavy atom. The van der Waals surface area contributed by atoms with Crippen LogP contribution in [0, 0.1) is 19.7 Å².